The Hall–Kier alpha value is -4.23. The van der Waals surface area contributed by atoms with Gasteiger partial charge in [-0.15, -0.1) is 5.10 Å². The first-order chi connectivity index (χ1) is 21.1. The lowest BCUT2D eigenvalue weighted by Crippen LogP contribution is -2.37. The second kappa shape index (κ2) is 11.8. The van der Waals surface area contributed by atoms with Crippen LogP contribution in [0.15, 0.2) is 36.9 Å². The van der Waals surface area contributed by atoms with Gasteiger partial charge in [0, 0.05) is 63.3 Å². The number of aryl methyl sites for hydroxylation is 1. The van der Waals surface area contributed by atoms with Crippen molar-refractivity contribution >= 4 is 11.6 Å². The van der Waals surface area contributed by atoms with E-state index < -0.39 is 0 Å². The number of hydrogen-bond acceptors (Lipinski definition) is 11. The minimum atomic E-state index is -0.144. The van der Waals surface area contributed by atoms with E-state index in [2.05, 4.69) is 31.2 Å². The molecule has 4 bridgehead atoms. The molecule has 2 aliphatic heterocycles. The van der Waals surface area contributed by atoms with Crippen molar-refractivity contribution in [2.75, 3.05) is 51.4 Å². The Labute approximate surface area is 250 Å². The van der Waals surface area contributed by atoms with E-state index in [0.29, 0.717) is 66.6 Å². The molecule has 43 heavy (non-hydrogen) atoms. The molecule has 0 spiro atoms. The fraction of sp³-hybridized carbons (Fsp3) is 0.500. The standard InChI is InChI=1S/C30H37N9O4/c1-4-41-29-23(18-39(36-29)24-13-20(24)17-38-8-11-40-12-9-38)21-15-32-27-14-25(21)43-19(2)6-10-42-30-22(16-33-37(30)3)28-31-7-5-26(34-27)35-28/h5,7,14-16,18-20,24H,4,6,8-13,17H2,1-3H3,(H,31,32,34,35)/t19-,20?,24?/m0/s1. The number of anilines is 2. The Morgan fingerprint density at radius 1 is 1.07 bits per heavy atom. The Bertz CT molecular complexity index is 1580. The van der Waals surface area contributed by atoms with Crippen LogP contribution in [0.1, 0.15) is 32.7 Å². The molecule has 13 heteroatoms. The maximum atomic E-state index is 6.55. The van der Waals surface area contributed by atoms with Crippen molar-refractivity contribution in [2.45, 2.75) is 38.8 Å². The van der Waals surface area contributed by atoms with Crippen molar-refractivity contribution in [2.24, 2.45) is 13.0 Å². The third-order valence-corrected chi connectivity index (χ3v) is 8.09. The van der Waals surface area contributed by atoms with Gasteiger partial charge < -0.3 is 24.3 Å². The maximum absolute atomic E-state index is 6.55. The van der Waals surface area contributed by atoms with Crippen LogP contribution in [0.25, 0.3) is 22.5 Å². The van der Waals surface area contributed by atoms with Crippen LogP contribution in [-0.2, 0) is 11.8 Å². The SMILES string of the molecule is CCOc1nn(C2CC2CN2CCOCC2)cc1-c1cnc2cc1O[C@@H](C)CCOc1c(cnn1C)-c1nccc(n1)N2. The lowest BCUT2D eigenvalue weighted by atomic mass is 10.1. The van der Waals surface area contributed by atoms with Crippen LogP contribution in [0.5, 0.6) is 17.5 Å². The molecular formula is C30H37N9O4. The second-order valence-electron chi connectivity index (χ2n) is 11.2. The minimum absolute atomic E-state index is 0.144. The summed E-state index contributed by atoms with van der Waals surface area (Å²) in [6.07, 6.45) is 8.93. The number of morpholine rings is 1. The first-order valence-corrected chi connectivity index (χ1v) is 15.0. The molecule has 1 aliphatic carbocycles. The van der Waals surface area contributed by atoms with Gasteiger partial charge in [0.25, 0.3) is 0 Å². The van der Waals surface area contributed by atoms with E-state index in [1.807, 2.05) is 33.2 Å². The highest BCUT2D eigenvalue weighted by Gasteiger charge is 2.41. The van der Waals surface area contributed by atoms with Gasteiger partial charge in [-0.3, -0.25) is 9.58 Å². The van der Waals surface area contributed by atoms with Crippen LogP contribution < -0.4 is 19.5 Å². The topological polar surface area (TPSA) is 126 Å². The molecular weight excluding hydrogens is 550 g/mol. The summed E-state index contributed by atoms with van der Waals surface area (Å²) in [4.78, 5) is 16.4. The molecule has 1 saturated carbocycles. The third kappa shape index (κ3) is 5.87. The molecule has 0 amide bonds. The van der Waals surface area contributed by atoms with Crippen molar-refractivity contribution in [3.63, 3.8) is 0 Å². The van der Waals surface area contributed by atoms with Gasteiger partial charge in [-0.2, -0.15) is 5.10 Å². The lowest BCUT2D eigenvalue weighted by Gasteiger charge is -2.26. The quantitative estimate of drug-likeness (QED) is 0.355. The number of nitrogens with zero attached hydrogens (tertiary/aromatic N) is 8. The first kappa shape index (κ1) is 27.6. The van der Waals surface area contributed by atoms with Crippen LogP contribution >= 0.6 is 0 Å². The average Bonchev–Trinajstić information content (AvgIpc) is 3.49. The van der Waals surface area contributed by atoms with Crippen molar-refractivity contribution in [3.8, 4) is 40.0 Å². The summed E-state index contributed by atoms with van der Waals surface area (Å²) in [5, 5.41) is 12.6. The number of fused-ring (bicyclic) bond motifs is 6. The molecule has 13 nitrogen and oxygen atoms in total. The molecule has 4 aromatic rings. The molecule has 2 unspecified atom stereocenters. The highest BCUT2D eigenvalue weighted by Crippen LogP contribution is 2.46. The smallest absolute Gasteiger partial charge is 0.240 e. The van der Waals surface area contributed by atoms with Gasteiger partial charge in [0.05, 0.1) is 50.3 Å². The molecule has 1 N–H and O–H groups in total. The fourth-order valence-corrected chi connectivity index (χ4v) is 5.68. The Morgan fingerprint density at radius 3 is 2.81 bits per heavy atom. The molecule has 3 atom stereocenters. The molecule has 4 aromatic heterocycles. The average molecular weight is 588 g/mol. The molecule has 2 fully saturated rings. The fourth-order valence-electron chi connectivity index (χ4n) is 5.68. The Morgan fingerprint density at radius 2 is 1.95 bits per heavy atom. The zero-order valence-corrected chi connectivity index (χ0v) is 24.8. The zero-order chi connectivity index (χ0) is 29.3. The number of ether oxygens (including phenoxy) is 4. The van der Waals surface area contributed by atoms with E-state index in [0.717, 1.165) is 56.0 Å². The summed E-state index contributed by atoms with van der Waals surface area (Å²) in [5.74, 6) is 4.16. The van der Waals surface area contributed by atoms with Gasteiger partial charge in [-0.25, -0.2) is 19.6 Å². The third-order valence-electron chi connectivity index (χ3n) is 8.09. The Balaban J connectivity index is 1.19. The summed E-state index contributed by atoms with van der Waals surface area (Å²) in [5.41, 5.74) is 2.41. The van der Waals surface area contributed by atoms with Crippen LogP contribution in [0.2, 0.25) is 0 Å². The van der Waals surface area contributed by atoms with E-state index in [9.17, 15) is 0 Å². The molecule has 0 radical (unpaired) electrons. The van der Waals surface area contributed by atoms with E-state index in [1.165, 1.54) is 0 Å². The van der Waals surface area contributed by atoms with Crippen LogP contribution in [0, 0.1) is 5.92 Å². The molecule has 7 rings (SSSR count). The maximum Gasteiger partial charge on any atom is 0.240 e. The summed E-state index contributed by atoms with van der Waals surface area (Å²) in [6, 6.07) is 4.05. The highest BCUT2D eigenvalue weighted by molar-refractivity contribution is 5.75. The summed E-state index contributed by atoms with van der Waals surface area (Å²) in [7, 11) is 1.84. The number of rotatable bonds is 6. The van der Waals surface area contributed by atoms with Crippen molar-refractivity contribution < 1.29 is 18.9 Å². The number of hydrogen-bond donors (Lipinski definition) is 1. The predicted octanol–water partition coefficient (Wildman–Crippen LogP) is 3.72. The monoisotopic (exact) mass is 587 g/mol. The van der Waals surface area contributed by atoms with Gasteiger partial charge >= 0.3 is 0 Å². The van der Waals surface area contributed by atoms with Gasteiger partial charge in [0.1, 0.15) is 22.9 Å². The van der Waals surface area contributed by atoms with Gasteiger partial charge in [-0.1, -0.05) is 0 Å². The largest absolute Gasteiger partial charge is 0.490 e. The van der Waals surface area contributed by atoms with Crippen molar-refractivity contribution in [1.29, 1.82) is 0 Å². The zero-order valence-electron chi connectivity index (χ0n) is 24.8. The van der Waals surface area contributed by atoms with Crippen LogP contribution in [-0.4, -0.2) is 91.6 Å². The molecule has 0 aromatic carbocycles. The minimum Gasteiger partial charge on any atom is -0.490 e. The number of nitrogens with one attached hydrogen (secondary N) is 1. The van der Waals surface area contributed by atoms with Crippen molar-refractivity contribution in [1.82, 2.24) is 39.4 Å². The summed E-state index contributed by atoms with van der Waals surface area (Å²) in [6.45, 7) is 9.63. The van der Waals surface area contributed by atoms with Crippen LogP contribution in [0.3, 0.4) is 0 Å². The van der Waals surface area contributed by atoms with Crippen molar-refractivity contribution in [3.05, 3.63) is 36.9 Å². The Kier molecular flexibility index (Phi) is 7.58. The van der Waals surface area contributed by atoms with Gasteiger partial charge in [0.15, 0.2) is 5.82 Å². The van der Waals surface area contributed by atoms with E-state index in [4.69, 9.17) is 34.0 Å². The molecule has 1 saturated heterocycles. The molecule has 3 aliphatic rings. The van der Waals surface area contributed by atoms with Crippen LogP contribution in [0.4, 0.5) is 11.6 Å². The molecule has 226 valence electrons. The van der Waals surface area contributed by atoms with Gasteiger partial charge in [0.2, 0.25) is 11.8 Å². The first-order valence-electron chi connectivity index (χ1n) is 15.0. The van der Waals surface area contributed by atoms with Gasteiger partial charge in [-0.05, 0) is 32.3 Å². The normalized spacial score (nSPS) is 22.0. The second-order valence-corrected chi connectivity index (χ2v) is 11.2. The number of pyridine rings is 1. The molecule has 6 heterocycles. The lowest BCUT2D eigenvalue weighted by molar-refractivity contribution is 0.0351. The van der Waals surface area contributed by atoms with E-state index >= 15 is 0 Å². The predicted molar refractivity (Wildman–Crippen MR) is 159 cm³/mol. The summed E-state index contributed by atoms with van der Waals surface area (Å²) >= 11 is 0. The number of aromatic nitrogens is 7. The van der Waals surface area contributed by atoms with E-state index in [-0.39, 0.29) is 6.10 Å². The highest BCUT2D eigenvalue weighted by atomic mass is 16.5. The summed E-state index contributed by atoms with van der Waals surface area (Å²) < 4.78 is 28.0. The van der Waals surface area contributed by atoms with E-state index in [1.54, 1.807) is 23.1 Å².